The van der Waals surface area contributed by atoms with Gasteiger partial charge in [0.15, 0.2) is 0 Å². The molecule has 1 aromatic rings. The van der Waals surface area contributed by atoms with Crippen molar-refractivity contribution in [1.82, 2.24) is 10.2 Å². The van der Waals surface area contributed by atoms with Crippen LogP contribution in [0.1, 0.15) is 43.6 Å². The van der Waals surface area contributed by atoms with Gasteiger partial charge in [-0.05, 0) is 57.3 Å². The first-order valence-corrected chi connectivity index (χ1v) is 7.33. The maximum absolute atomic E-state index is 5.87. The fourth-order valence-corrected chi connectivity index (χ4v) is 3.73. The molecule has 1 N–H and O–H groups in total. The number of hydrogen-bond acceptors (Lipinski definition) is 3. The van der Waals surface area contributed by atoms with E-state index in [1.54, 1.807) is 0 Å². The summed E-state index contributed by atoms with van der Waals surface area (Å²) >= 11 is 0. The summed E-state index contributed by atoms with van der Waals surface area (Å²) in [5, 5.41) is 3.13. The predicted molar refractivity (Wildman–Crippen MR) is 72.2 cm³/mol. The van der Waals surface area contributed by atoms with Crippen molar-refractivity contribution in [2.24, 2.45) is 5.92 Å². The third-order valence-electron chi connectivity index (χ3n) is 4.54. The van der Waals surface area contributed by atoms with Crippen molar-refractivity contribution in [3.05, 3.63) is 23.7 Å². The molecule has 1 saturated carbocycles. The molecule has 18 heavy (non-hydrogen) atoms. The van der Waals surface area contributed by atoms with Crippen LogP contribution in [-0.2, 0) is 13.1 Å². The number of likely N-dealkylation sites (tertiary alicyclic amines) is 1. The quantitative estimate of drug-likeness (QED) is 0.888. The van der Waals surface area contributed by atoms with Crippen LogP contribution in [0.25, 0.3) is 0 Å². The molecule has 3 rings (SSSR count). The lowest BCUT2D eigenvalue weighted by Gasteiger charge is -2.37. The van der Waals surface area contributed by atoms with Crippen molar-refractivity contribution in [3.63, 3.8) is 0 Å². The van der Waals surface area contributed by atoms with E-state index in [2.05, 4.69) is 22.3 Å². The number of nitrogens with zero attached hydrogens (tertiary/aromatic N) is 1. The highest BCUT2D eigenvalue weighted by molar-refractivity contribution is 5.07. The van der Waals surface area contributed by atoms with Gasteiger partial charge < -0.3 is 9.73 Å². The van der Waals surface area contributed by atoms with Crippen LogP contribution in [0.5, 0.6) is 0 Å². The Morgan fingerprint density at radius 2 is 2.06 bits per heavy atom. The smallest absolute Gasteiger partial charge is 0.118 e. The number of fused-ring (bicyclic) bond motifs is 1. The molecule has 1 aliphatic heterocycles. The Morgan fingerprint density at radius 1 is 1.22 bits per heavy atom. The molecule has 2 aliphatic rings. The van der Waals surface area contributed by atoms with Crippen LogP contribution in [0.15, 0.2) is 16.5 Å². The van der Waals surface area contributed by atoms with Gasteiger partial charge in [-0.15, -0.1) is 0 Å². The molecule has 2 atom stereocenters. The lowest BCUT2D eigenvalue weighted by molar-refractivity contribution is 0.0974. The van der Waals surface area contributed by atoms with Crippen LogP contribution in [0.3, 0.4) is 0 Å². The van der Waals surface area contributed by atoms with Crippen LogP contribution in [0, 0.1) is 5.92 Å². The molecular weight excluding hydrogens is 224 g/mol. The van der Waals surface area contributed by atoms with E-state index in [9.17, 15) is 0 Å². The third kappa shape index (κ3) is 2.47. The van der Waals surface area contributed by atoms with Crippen LogP contribution in [0.4, 0.5) is 0 Å². The van der Waals surface area contributed by atoms with Crippen LogP contribution < -0.4 is 5.32 Å². The van der Waals surface area contributed by atoms with Gasteiger partial charge in [-0.25, -0.2) is 0 Å². The van der Waals surface area contributed by atoms with Crippen LogP contribution in [0.2, 0.25) is 0 Å². The number of piperidine rings is 1. The molecule has 0 spiro atoms. The monoisotopic (exact) mass is 248 g/mol. The summed E-state index contributed by atoms with van der Waals surface area (Å²) in [6.07, 6.45) is 7.09. The summed E-state index contributed by atoms with van der Waals surface area (Å²) in [5.74, 6) is 3.14. The maximum Gasteiger partial charge on any atom is 0.118 e. The third-order valence-corrected chi connectivity index (χ3v) is 4.54. The molecular formula is C15H24N2O. The lowest BCUT2D eigenvalue weighted by Crippen LogP contribution is -2.41. The predicted octanol–water partition coefficient (Wildman–Crippen LogP) is 2.76. The Hall–Kier alpha value is -0.800. The molecule has 0 bridgehead atoms. The van der Waals surface area contributed by atoms with Crippen molar-refractivity contribution in [3.8, 4) is 0 Å². The second-order valence-corrected chi connectivity index (χ2v) is 5.77. The molecule has 2 heterocycles. The van der Waals surface area contributed by atoms with Gasteiger partial charge in [0, 0.05) is 6.04 Å². The molecule has 0 aromatic carbocycles. The molecule has 100 valence electrons. The first-order valence-electron chi connectivity index (χ1n) is 7.33. The largest absolute Gasteiger partial charge is 0.463 e. The lowest BCUT2D eigenvalue weighted by atomic mass is 9.92. The van der Waals surface area contributed by atoms with Gasteiger partial charge in [0.1, 0.15) is 11.5 Å². The summed E-state index contributed by atoms with van der Waals surface area (Å²) in [5.41, 5.74) is 0. The number of furan rings is 1. The normalized spacial score (nSPS) is 28.5. The second-order valence-electron chi connectivity index (χ2n) is 5.77. The van der Waals surface area contributed by atoms with E-state index in [1.165, 1.54) is 38.6 Å². The van der Waals surface area contributed by atoms with Crippen molar-refractivity contribution >= 4 is 0 Å². The number of rotatable bonds is 4. The van der Waals surface area contributed by atoms with Crippen LogP contribution in [-0.4, -0.2) is 24.5 Å². The van der Waals surface area contributed by atoms with Crippen molar-refractivity contribution in [2.45, 2.75) is 51.2 Å². The first kappa shape index (κ1) is 12.2. The van der Waals surface area contributed by atoms with Gasteiger partial charge in [0.2, 0.25) is 0 Å². The van der Waals surface area contributed by atoms with E-state index < -0.39 is 0 Å². The molecule has 1 saturated heterocycles. The van der Waals surface area contributed by atoms with Crippen LogP contribution >= 0.6 is 0 Å². The Kier molecular flexibility index (Phi) is 3.71. The highest BCUT2D eigenvalue weighted by atomic mass is 16.3. The van der Waals surface area contributed by atoms with E-state index in [0.717, 1.165) is 36.6 Å². The summed E-state index contributed by atoms with van der Waals surface area (Å²) < 4.78 is 5.87. The Labute approximate surface area is 110 Å². The summed E-state index contributed by atoms with van der Waals surface area (Å²) in [4.78, 5) is 2.66. The maximum atomic E-state index is 5.87. The van der Waals surface area contributed by atoms with E-state index in [-0.39, 0.29) is 0 Å². The van der Waals surface area contributed by atoms with Gasteiger partial charge in [-0.1, -0.05) is 6.42 Å². The van der Waals surface area contributed by atoms with E-state index in [0.29, 0.717) is 0 Å². The average Bonchev–Trinajstić information content (AvgIpc) is 2.99. The Bertz CT molecular complexity index is 388. The van der Waals surface area contributed by atoms with Gasteiger partial charge in [-0.3, -0.25) is 4.90 Å². The SMILES string of the molecule is CNCc1ccc(CN2CCCC3CCCC32)o1. The summed E-state index contributed by atoms with van der Waals surface area (Å²) in [6.45, 7) is 3.08. The molecule has 1 aromatic heterocycles. The molecule has 1 aliphatic carbocycles. The minimum atomic E-state index is 0.825. The number of nitrogens with one attached hydrogen (secondary N) is 1. The molecule has 2 fully saturated rings. The first-order chi connectivity index (χ1) is 8.86. The highest BCUT2D eigenvalue weighted by Gasteiger charge is 2.34. The van der Waals surface area contributed by atoms with E-state index in [1.807, 2.05) is 7.05 Å². The zero-order valence-corrected chi connectivity index (χ0v) is 11.3. The van der Waals surface area contributed by atoms with Gasteiger partial charge >= 0.3 is 0 Å². The Morgan fingerprint density at radius 3 is 2.94 bits per heavy atom. The fourth-order valence-electron chi connectivity index (χ4n) is 3.73. The standard InChI is InChI=1S/C15H24N2O/c1-16-10-13-7-8-14(18-13)11-17-9-3-5-12-4-2-6-15(12)17/h7-8,12,15-16H,2-6,9-11H2,1H3. The minimum absolute atomic E-state index is 0.825. The summed E-state index contributed by atoms with van der Waals surface area (Å²) in [6, 6.07) is 5.07. The molecule has 3 heteroatoms. The molecule has 2 unspecified atom stereocenters. The van der Waals surface area contributed by atoms with Gasteiger partial charge in [-0.2, -0.15) is 0 Å². The minimum Gasteiger partial charge on any atom is -0.463 e. The average molecular weight is 248 g/mol. The van der Waals surface area contributed by atoms with Gasteiger partial charge in [0.25, 0.3) is 0 Å². The topological polar surface area (TPSA) is 28.4 Å². The molecule has 0 amide bonds. The van der Waals surface area contributed by atoms with E-state index >= 15 is 0 Å². The highest BCUT2D eigenvalue weighted by Crippen LogP contribution is 2.37. The van der Waals surface area contributed by atoms with Crippen molar-refractivity contribution in [1.29, 1.82) is 0 Å². The fraction of sp³-hybridized carbons (Fsp3) is 0.733. The van der Waals surface area contributed by atoms with Crippen molar-refractivity contribution < 1.29 is 4.42 Å². The Balaban J connectivity index is 1.63. The second kappa shape index (κ2) is 5.45. The molecule has 3 nitrogen and oxygen atoms in total. The van der Waals surface area contributed by atoms with Gasteiger partial charge in [0.05, 0.1) is 13.1 Å². The summed E-state index contributed by atoms with van der Waals surface area (Å²) in [7, 11) is 1.95. The van der Waals surface area contributed by atoms with E-state index in [4.69, 9.17) is 4.42 Å². The molecule has 0 radical (unpaired) electrons. The zero-order valence-electron chi connectivity index (χ0n) is 11.3. The zero-order chi connectivity index (χ0) is 12.4. The number of hydrogen-bond donors (Lipinski definition) is 1. The van der Waals surface area contributed by atoms with Crippen molar-refractivity contribution in [2.75, 3.05) is 13.6 Å².